The van der Waals surface area contributed by atoms with Crippen molar-refractivity contribution in [3.8, 4) is 6.07 Å². The van der Waals surface area contributed by atoms with Crippen LogP contribution in [0, 0.1) is 11.3 Å². The van der Waals surface area contributed by atoms with E-state index in [0.29, 0.717) is 24.2 Å². The molecule has 0 aliphatic carbocycles. The summed E-state index contributed by atoms with van der Waals surface area (Å²) in [6, 6.07) is 19.2. The van der Waals surface area contributed by atoms with E-state index in [-0.39, 0.29) is 5.91 Å². The van der Waals surface area contributed by atoms with Crippen LogP contribution in [0.2, 0.25) is 0 Å². The van der Waals surface area contributed by atoms with Gasteiger partial charge in [0.2, 0.25) is 0 Å². The Kier molecular flexibility index (Phi) is 4.68. The predicted octanol–water partition coefficient (Wildman–Crippen LogP) is 2.73. The van der Waals surface area contributed by atoms with Crippen LogP contribution in [0.15, 0.2) is 67.0 Å². The molecule has 0 aliphatic heterocycles. The number of carbonyl (C=O) groups excluding carboxylic acids is 1. The molecule has 1 N–H and O–H groups in total. The van der Waals surface area contributed by atoms with Crippen molar-refractivity contribution in [2.75, 3.05) is 0 Å². The van der Waals surface area contributed by atoms with Gasteiger partial charge in [-0.05, 0) is 23.3 Å². The first kappa shape index (κ1) is 15.5. The van der Waals surface area contributed by atoms with Crippen LogP contribution in [0.25, 0.3) is 0 Å². The molecule has 1 amide bonds. The zero-order valence-corrected chi connectivity index (χ0v) is 13.0. The molecule has 1 heterocycles. The van der Waals surface area contributed by atoms with Crippen LogP contribution in [0.3, 0.4) is 0 Å². The number of hydrogen-bond donors (Lipinski definition) is 1. The van der Waals surface area contributed by atoms with Crippen LogP contribution in [0.1, 0.15) is 27.0 Å². The Morgan fingerprint density at radius 2 is 1.83 bits per heavy atom. The summed E-state index contributed by atoms with van der Waals surface area (Å²) < 4.78 is 1.74. The lowest BCUT2D eigenvalue weighted by Crippen LogP contribution is -2.22. The van der Waals surface area contributed by atoms with E-state index < -0.39 is 0 Å². The van der Waals surface area contributed by atoms with Crippen molar-refractivity contribution < 1.29 is 4.79 Å². The molecule has 2 aromatic carbocycles. The number of benzene rings is 2. The third kappa shape index (κ3) is 3.87. The summed E-state index contributed by atoms with van der Waals surface area (Å²) in [6.45, 7) is 1.04. The van der Waals surface area contributed by atoms with Crippen LogP contribution in [0.5, 0.6) is 0 Å². The van der Waals surface area contributed by atoms with Crippen LogP contribution >= 0.6 is 0 Å². The lowest BCUT2D eigenvalue weighted by molar-refractivity contribution is 0.0951. The van der Waals surface area contributed by atoms with Crippen molar-refractivity contribution in [2.24, 2.45) is 0 Å². The quantitative estimate of drug-likeness (QED) is 0.787. The second-order valence-corrected chi connectivity index (χ2v) is 5.40. The molecule has 24 heavy (non-hydrogen) atoms. The molecular weight excluding hydrogens is 300 g/mol. The first-order valence-corrected chi connectivity index (χ1v) is 7.58. The summed E-state index contributed by atoms with van der Waals surface area (Å²) in [5.41, 5.74) is 3.20. The lowest BCUT2D eigenvalue weighted by atomic mass is 10.1. The number of rotatable bonds is 5. The van der Waals surface area contributed by atoms with E-state index >= 15 is 0 Å². The molecule has 0 atom stereocenters. The van der Waals surface area contributed by atoms with Crippen LogP contribution < -0.4 is 5.32 Å². The SMILES string of the molecule is N#Cc1ccc(CNC(=O)c2cnn(Cc3ccccc3)c2)cc1. The van der Waals surface area contributed by atoms with Gasteiger partial charge in [-0.15, -0.1) is 0 Å². The Bertz CT molecular complexity index is 860. The topological polar surface area (TPSA) is 70.7 Å². The zero-order valence-electron chi connectivity index (χ0n) is 13.0. The Hall–Kier alpha value is -3.39. The van der Waals surface area contributed by atoms with E-state index in [0.717, 1.165) is 11.1 Å². The minimum absolute atomic E-state index is 0.168. The Labute approximate surface area is 140 Å². The van der Waals surface area contributed by atoms with Gasteiger partial charge in [-0.25, -0.2) is 0 Å². The van der Waals surface area contributed by atoms with Gasteiger partial charge in [-0.1, -0.05) is 42.5 Å². The number of hydrogen-bond acceptors (Lipinski definition) is 3. The maximum Gasteiger partial charge on any atom is 0.254 e. The second-order valence-electron chi connectivity index (χ2n) is 5.40. The standard InChI is InChI=1S/C19H16N4O/c20-10-15-6-8-16(9-7-15)11-21-19(24)18-12-22-23(14-18)13-17-4-2-1-3-5-17/h1-9,12,14H,11,13H2,(H,21,24). The largest absolute Gasteiger partial charge is 0.348 e. The van der Waals surface area contributed by atoms with Gasteiger partial charge in [0.25, 0.3) is 5.91 Å². The molecule has 5 nitrogen and oxygen atoms in total. The highest BCUT2D eigenvalue weighted by Crippen LogP contribution is 2.06. The third-order valence-corrected chi connectivity index (χ3v) is 3.62. The smallest absolute Gasteiger partial charge is 0.254 e. The highest BCUT2D eigenvalue weighted by Gasteiger charge is 2.08. The van der Waals surface area contributed by atoms with Gasteiger partial charge in [0, 0.05) is 12.7 Å². The van der Waals surface area contributed by atoms with Gasteiger partial charge in [-0.2, -0.15) is 10.4 Å². The molecule has 0 unspecified atom stereocenters. The monoisotopic (exact) mass is 316 g/mol. The Morgan fingerprint density at radius 1 is 1.08 bits per heavy atom. The number of carbonyl (C=O) groups is 1. The summed E-state index contributed by atoms with van der Waals surface area (Å²) in [4.78, 5) is 12.2. The van der Waals surface area contributed by atoms with Crippen LogP contribution in [-0.2, 0) is 13.1 Å². The third-order valence-electron chi connectivity index (χ3n) is 3.62. The van der Waals surface area contributed by atoms with Gasteiger partial charge in [-0.3, -0.25) is 9.48 Å². The number of nitrogens with one attached hydrogen (secondary N) is 1. The van der Waals surface area contributed by atoms with Gasteiger partial charge >= 0.3 is 0 Å². The van der Waals surface area contributed by atoms with E-state index in [9.17, 15) is 4.79 Å². The minimum Gasteiger partial charge on any atom is -0.348 e. The van der Waals surface area contributed by atoms with Crippen molar-refractivity contribution in [1.29, 1.82) is 5.26 Å². The molecule has 3 rings (SSSR count). The molecule has 118 valence electrons. The number of nitrogens with zero attached hydrogens (tertiary/aromatic N) is 3. The normalized spacial score (nSPS) is 10.1. The Balaban J connectivity index is 1.58. The van der Waals surface area contributed by atoms with Crippen molar-refractivity contribution >= 4 is 5.91 Å². The number of nitriles is 1. The highest BCUT2D eigenvalue weighted by molar-refractivity contribution is 5.93. The maximum absolute atomic E-state index is 12.2. The summed E-state index contributed by atoms with van der Waals surface area (Å²) >= 11 is 0. The van der Waals surface area contributed by atoms with Gasteiger partial charge in [0.1, 0.15) is 0 Å². The molecule has 0 saturated heterocycles. The van der Waals surface area contributed by atoms with Crippen molar-refractivity contribution in [3.63, 3.8) is 0 Å². The Morgan fingerprint density at radius 3 is 2.54 bits per heavy atom. The lowest BCUT2D eigenvalue weighted by Gasteiger charge is -2.04. The average Bonchev–Trinajstić information content (AvgIpc) is 3.09. The summed E-state index contributed by atoms with van der Waals surface area (Å²) in [5.74, 6) is -0.168. The van der Waals surface area contributed by atoms with E-state index in [1.54, 1.807) is 29.2 Å². The molecule has 0 fully saturated rings. The molecule has 0 saturated carbocycles. The molecule has 5 heteroatoms. The molecule has 0 bridgehead atoms. The fourth-order valence-corrected chi connectivity index (χ4v) is 2.32. The van der Waals surface area contributed by atoms with Gasteiger partial charge in [0.15, 0.2) is 0 Å². The second kappa shape index (κ2) is 7.25. The van der Waals surface area contributed by atoms with Gasteiger partial charge in [0.05, 0.1) is 29.9 Å². The summed E-state index contributed by atoms with van der Waals surface area (Å²) in [6.07, 6.45) is 3.30. The minimum atomic E-state index is -0.168. The van der Waals surface area contributed by atoms with Crippen LogP contribution in [0.4, 0.5) is 0 Å². The van der Waals surface area contributed by atoms with Crippen molar-refractivity contribution in [1.82, 2.24) is 15.1 Å². The van der Waals surface area contributed by atoms with E-state index in [1.165, 1.54) is 0 Å². The summed E-state index contributed by atoms with van der Waals surface area (Å²) in [5, 5.41) is 15.9. The molecule has 0 radical (unpaired) electrons. The van der Waals surface area contributed by atoms with E-state index in [2.05, 4.69) is 16.5 Å². The highest BCUT2D eigenvalue weighted by atomic mass is 16.1. The number of aromatic nitrogens is 2. The molecule has 0 spiro atoms. The van der Waals surface area contributed by atoms with Crippen molar-refractivity contribution in [3.05, 3.63) is 89.2 Å². The first-order chi connectivity index (χ1) is 11.7. The van der Waals surface area contributed by atoms with Crippen LogP contribution in [-0.4, -0.2) is 15.7 Å². The predicted molar refractivity (Wildman–Crippen MR) is 90.1 cm³/mol. The molecule has 1 aromatic heterocycles. The first-order valence-electron chi connectivity index (χ1n) is 7.58. The summed E-state index contributed by atoms with van der Waals surface area (Å²) in [7, 11) is 0. The zero-order chi connectivity index (χ0) is 16.8. The number of amides is 1. The average molecular weight is 316 g/mol. The van der Waals surface area contributed by atoms with Crippen molar-refractivity contribution in [2.45, 2.75) is 13.1 Å². The fraction of sp³-hybridized carbons (Fsp3) is 0.105. The maximum atomic E-state index is 12.2. The van der Waals surface area contributed by atoms with E-state index in [1.807, 2.05) is 42.5 Å². The molecule has 3 aromatic rings. The van der Waals surface area contributed by atoms with Gasteiger partial charge < -0.3 is 5.32 Å². The molecule has 0 aliphatic rings. The fourth-order valence-electron chi connectivity index (χ4n) is 2.32. The van der Waals surface area contributed by atoms with E-state index in [4.69, 9.17) is 5.26 Å². The molecular formula is C19H16N4O.